The molecule has 0 spiro atoms. The van der Waals surface area contributed by atoms with Crippen LogP contribution in [0.1, 0.15) is 12.0 Å². The zero-order valence-corrected chi connectivity index (χ0v) is 13.5. The van der Waals surface area contributed by atoms with Gasteiger partial charge in [-0.25, -0.2) is 0 Å². The first-order chi connectivity index (χ1) is 10.0. The van der Waals surface area contributed by atoms with Crippen molar-refractivity contribution in [2.45, 2.75) is 19.1 Å². The van der Waals surface area contributed by atoms with Crippen LogP contribution < -0.4 is 10.5 Å². The number of hydrogen-bond acceptors (Lipinski definition) is 5. The fraction of sp³-hybridized carbons (Fsp3) is 0.625. The second-order valence-electron chi connectivity index (χ2n) is 5.74. The summed E-state index contributed by atoms with van der Waals surface area (Å²) in [6.45, 7) is 3.44. The van der Waals surface area contributed by atoms with E-state index in [9.17, 15) is 5.11 Å². The Morgan fingerprint density at radius 2 is 2.00 bits per heavy atom. The van der Waals surface area contributed by atoms with Crippen LogP contribution in [0.15, 0.2) is 24.3 Å². The number of nitrogens with two attached hydrogens (primary N) is 1. The summed E-state index contributed by atoms with van der Waals surface area (Å²) >= 11 is 0. The quantitative estimate of drug-likeness (QED) is 0.667. The lowest BCUT2D eigenvalue weighted by molar-refractivity contribution is 0.0755. The SMILES string of the molecule is CN(C)CCCN(C)CC(O)COc1cccc(CN)c1. The molecule has 0 aromatic heterocycles. The van der Waals surface area contributed by atoms with Crippen LogP contribution >= 0.6 is 0 Å². The van der Waals surface area contributed by atoms with Gasteiger partial charge >= 0.3 is 0 Å². The van der Waals surface area contributed by atoms with E-state index in [-0.39, 0.29) is 0 Å². The maximum absolute atomic E-state index is 10.0. The molecule has 0 aliphatic rings. The third kappa shape index (κ3) is 8.02. The molecule has 5 heteroatoms. The van der Waals surface area contributed by atoms with Crippen LogP contribution in [0.2, 0.25) is 0 Å². The Bertz CT molecular complexity index is 399. The number of hydrogen-bond donors (Lipinski definition) is 2. The topological polar surface area (TPSA) is 62.0 Å². The van der Waals surface area contributed by atoms with Crippen LogP contribution in [0.3, 0.4) is 0 Å². The third-order valence-electron chi connectivity index (χ3n) is 3.24. The highest BCUT2D eigenvalue weighted by atomic mass is 16.5. The predicted molar refractivity (Wildman–Crippen MR) is 86.5 cm³/mol. The van der Waals surface area contributed by atoms with Crippen molar-refractivity contribution >= 4 is 0 Å². The first-order valence-electron chi connectivity index (χ1n) is 7.44. The van der Waals surface area contributed by atoms with E-state index in [1.807, 2.05) is 31.3 Å². The second kappa shape index (κ2) is 9.73. The van der Waals surface area contributed by atoms with E-state index in [1.165, 1.54) is 0 Å². The molecule has 0 bridgehead atoms. The van der Waals surface area contributed by atoms with Crippen LogP contribution in [0.5, 0.6) is 5.75 Å². The average molecular weight is 295 g/mol. The highest BCUT2D eigenvalue weighted by Crippen LogP contribution is 2.13. The van der Waals surface area contributed by atoms with E-state index < -0.39 is 6.10 Å². The number of rotatable bonds is 10. The van der Waals surface area contributed by atoms with Crippen LogP contribution in [0.4, 0.5) is 0 Å². The van der Waals surface area contributed by atoms with Crippen molar-refractivity contribution in [3.63, 3.8) is 0 Å². The number of ether oxygens (including phenoxy) is 1. The van der Waals surface area contributed by atoms with Gasteiger partial charge in [0.15, 0.2) is 0 Å². The monoisotopic (exact) mass is 295 g/mol. The molecule has 0 aliphatic carbocycles. The molecule has 21 heavy (non-hydrogen) atoms. The molecule has 0 heterocycles. The Morgan fingerprint density at radius 3 is 2.67 bits per heavy atom. The standard InChI is InChI=1S/C16H29N3O2/c1-18(2)8-5-9-19(3)12-15(20)13-21-16-7-4-6-14(10-16)11-17/h4,6-7,10,15,20H,5,8-9,11-13,17H2,1-3H3. The first kappa shape index (κ1) is 17.9. The molecular formula is C16H29N3O2. The van der Waals surface area contributed by atoms with Gasteiger partial charge in [0, 0.05) is 13.1 Å². The molecule has 0 aliphatic heterocycles. The summed E-state index contributed by atoms with van der Waals surface area (Å²) in [7, 11) is 6.16. The lowest BCUT2D eigenvalue weighted by atomic mass is 10.2. The Morgan fingerprint density at radius 1 is 1.24 bits per heavy atom. The van der Waals surface area contributed by atoms with Crippen molar-refractivity contribution in [1.82, 2.24) is 9.80 Å². The number of aliphatic hydroxyl groups excluding tert-OH is 1. The van der Waals surface area contributed by atoms with E-state index in [2.05, 4.69) is 23.9 Å². The number of benzene rings is 1. The molecule has 1 aromatic rings. The Labute approximate surface area is 128 Å². The molecule has 0 amide bonds. The fourth-order valence-electron chi connectivity index (χ4n) is 2.12. The first-order valence-corrected chi connectivity index (χ1v) is 7.44. The molecule has 1 rings (SSSR count). The van der Waals surface area contributed by atoms with Gasteiger partial charge in [0.25, 0.3) is 0 Å². The van der Waals surface area contributed by atoms with Gasteiger partial charge in [0.05, 0.1) is 0 Å². The molecule has 0 fully saturated rings. The highest BCUT2D eigenvalue weighted by Gasteiger charge is 2.09. The van der Waals surface area contributed by atoms with E-state index >= 15 is 0 Å². The summed E-state index contributed by atoms with van der Waals surface area (Å²) in [4.78, 5) is 4.30. The van der Waals surface area contributed by atoms with E-state index in [1.54, 1.807) is 0 Å². The van der Waals surface area contributed by atoms with E-state index in [4.69, 9.17) is 10.5 Å². The van der Waals surface area contributed by atoms with E-state index in [0.29, 0.717) is 19.7 Å². The minimum Gasteiger partial charge on any atom is -0.491 e. The van der Waals surface area contributed by atoms with Gasteiger partial charge in [-0.15, -0.1) is 0 Å². The van der Waals surface area contributed by atoms with Crippen molar-refractivity contribution in [1.29, 1.82) is 0 Å². The maximum Gasteiger partial charge on any atom is 0.119 e. The lowest BCUT2D eigenvalue weighted by Gasteiger charge is -2.21. The van der Waals surface area contributed by atoms with Gasteiger partial charge in [0.1, 0.15) is 18.5 Å². The molecule has 0 saturated carbocycles. The summed E-state index contributed by atoms with van der Waals surface area (Å²) in [5, 5.41) is 10.0. The third-order valence-corrected chi connectivity index (χ3v) is 3.24. The number of likely N-dealkylation sites (N-methyl/N-ethyl adjacent to an activating group) is 1. The molecule has 5 nitrogen and oxygen atoms in total. The summed E-state index contributed by atoms with van der Waals surface area (Å²) < 4.78 is 5.61. The van der Waals surface area contributed by atoms with Crippen LogP contribution in [0, 0.1) is 0 Å². The van der Waals surface area contributed by atoms with Crippen LogP contribution in [0.25, 0.3) is 0 Å². The van der Waals surface area contributed by atoms with Gasteiger partial charge < -0.3 is 25.4 Å². The summed E-state index contributed by atoms with van der Waals surface area (Å²) in [5.74, 6) is 0.757. The summed E-state index contributed by atoms with van der Waals surface area (Å²) in [6, 6.07) is 7.67. The number of nitrogens with zero attached hydrogens (tertiary/aromatic N) is 2. The summed E-state index contributed by atoms with van der Waals surface area (Å²) in [5.41, 5.74) is 6.62. The molecule has 3 N–H and O–H groups in total. The molecule has 1 unspecified atom stereocenters. The van der Waals surface area contributed by atoms with Crippen molar-refractivity contribution in [3.8, 4) is 5.75 Å². The number of aliphatic hydroxyl groups is 1. The smallest absolute Gasteiger partial charge is 0.119 e. The minimum atomic E-state index is -0.490. The highest BCUT2D eigenvalue weighted by molar-refractivity contribution is 5.28. The predicted octanol–water partition coefficient (Wildman–Crippen LogP) is 0.769. The summed E-state index contributed by atoms with van der Waals surface area (Å²) in [6.07, 6.45) is 0.603. The van der Waals surface area contributed by atoms with Crippen molar-refractivity contribution in [2.75, 3.05) is 47.4 Å². The molecular weight excluding hydrogens is 266 g/mol. The largest absolute Gasteiger partial charge is 0.491 e. The average Bonchev–Trinajstić information content (AvgIpc) is 2.45. The van der Waals surface area contributed by atoms with Crippen LogP contribution in [-0.4, -0.2) is 68.4 Å². The van der Waals surface area contributed by atoms with Gasteiger partial charge in [-0.3, -0.25) is 0 Å². The Balaban J connectivity index is 2.24. The van der Waals surface area contributed by atoms with Crippen molar-refractivity contribution < 1.29 is 9.84 Å². The van der Waals surface area contributed by atoms with Gasteiger partial charge in [-0.1, -0.05) is 12.1 Å². The van der Waals surface area contributed by atoms with Crippen LogP contribution in [-0.2, 0) is 6.54 Å². The molecule has 1 aromatic carbocycles. The molecule has 0 radical (unpaired) electrons. The maximum atomic E-state index is 10.0. The molecule has 1 atom stereocenters. The normalized spacial score (nSPS) is 12.9. The van der Waals surface area contributed by atoms with E-state index in [0.717, 1.165) is 30.8 Å². The zero-order valence-electron chi connectivity index (χ0n) is 13.5. The Kier molecular flexibility index (Phi) is 8.30. The Hall–Kier alpha value is -1.14. The molecule has 0 saturated heterocycles. The van der Waals surface area contributed by atoms with Gasteiger partial charge in [-0.05, 0) is 58.3 Å². The second-order valence-corrected chi connectivity index (χ2v) is 5.74. The van der Waals surface area contributed by atoms with Crippen molar-refractivity contribution in [2.24, 2.45) is 5.73 Å². The van der Waals surface area contributed by atoms with Gasteiger partial charge in [-0.2, -0.15) is 0 Å². The zero-order chi connectivity index (χ0) is 15.7. The lowest BCUT2D eigenvalue weighted by Crippen LogP contribution is -2.34. The van der Waals surface area contributed by atoms with Crippen molar-refractivity contribution in [3.05, 3.63) is 29.8 Å². The molecule has 120 valence electrons. The fourth-order valence-corrected chi connectivity index (χ4v) is 2.12. The minimum absolute atomic E-state index is 0.298. The van der Waals surface area contributed by atoms with Gasteiger partial charge in [0.2, 0.25) is 0 Å².